The maximum absolute atomic E-state index is 12.1. The third kappa shape index (κ3) is 4.71. The van der Waals surface area contributed by atoms with E-state index in [1.807, 2.05) is 37.4 Å². The predicted octanol–water partition coefficient (Wildman–Crippen LogP) is 2.57. The fourth-order valence-electron chi connectivity index (χ4n) is 2.53. The zero-order valence-electron chi connectivity index (χ0n) is 13.7. The molecule has 0 fully saturated rings. The summed E-state index contributed by atoms with van der Waals surface area (Å²) in [5.74, 6) is 0. The summed E-state index contributed by atoms with van der Waals surface area (Å²) in [4.78, 5) is 12.1. The molecule has 0 radical (unpaired) electrons. The highest BCUT2D eigenvalue weighted by molar-refractivity contribution is 5.93. The van der Waals surface area contributed by atoms with E-state index in [9.17, 15) is 4.79 Å². The van der Waals surface area contributed by atoms with Crippen molar-refractivity contribution in [3.63, 3.8) is 0 Å². The van der Waals surface area contributed by atoms with E-state index >= 15 is 0 Å². The molecule has 1 aromatic heterocycles. The van der Waals surface area contributed by atoms with Gasteiger partial charge in [0.25, 0.3) is 0 Å². The van der Waals surface area contributed by atoms with Gasteiger partial charge in [-0.15, -0.1) is 0 Å². The van der Waals surface area contributed by atoms with Crippen molar-refractivity contribution in [3.8, 4) is 0 Å². The highest BCUT2D eigenvalue weighted by Gasteiger charge is 2.10. The first-order valence-corrected chi connectivity index (χ1v) is 7.94. The average Bonchev–Trinajstić information content (AvgIpc) is 2.94. The number of nitrogens with one attached hydrogen (secondary N) is 2. The predicted molar refractivity (Wildman–Crippen MR) is 91.8 cm³/mol. The first kappa shape index (κ1) is 17.3. The second kappa shape index (κ2) is 8.55. The number of methoxy groups -OCH3 is 1. The minimum Gasteiger partial charge on any atom is -0.396 e. The third-order valence-electron chi connectivity index (χ3n) is 3.87. The number of benzene rings is 1. The van der Waals surface area contributed by atoms with E-state index < -0.39 is 0 Å². The first-order valence-electron chi connectivity index (χ1n) is 7.94. The van der Waals surface area contributed by atoms with Crippen molar-refractivity contribution in [3.05, 3.63) is 30.5 Å². The lowest BCUT2D eigenvalue weighted by molar-refractivity contribution is 0.188. The van der Waals surface area contributed by atoms with Gasteiger partial charge in [0.1, 0.15) is 0 Å². The molecule has 6 nitrogen and oxygen atoms in total. The van der Waals surface area contributed by atoms with Crippen LogP contribution in [0.1, 0.15) is 19.8 Å². The number of urea groups is 1. The summed E-state index contributed by atoms with van der Waals surface area (Å²) in [6.07, 6.45) is 3.36. The Hall–Kier alpha value is -2.05. The van der Waals surface area contributed by atoms with Gasteiger partial charge >= 0.3 is 6.03 Å². The minimum absolute atomic E-state index is 0.0192. The number of aliphatic hydroxyl groups is 1. The van der Waals surface area contributed by atoms with Crippen molar-refractivity contribution in [2.45, 2.75) is 32.4 Å². The Morgan fingerprint density at radius 2 is 2.22 bits per heavy atom. The third-order valence-corrected chi connectivity index (χ3v) is 3.87. The molecule has 0 bridgehead atoms. The largest absolute Gasteiger partial charge is 0.396 e. The molecule has 0 aliphatic rings. The Morgan fingerprint density at radius 1 is 1.39 bits per heavy atom. The lowest BCUT2D eigenvalue weighted by atomic mass is 10.1. The molecule has 23 heavy (non-hydrogen) atoms. The lowest BCUT2D eigenvalue weighted by Gasteiger charge is -2.16. The van der Waals surface area contributed by atoms with Gasteiger partial charge in [-0.1, -0.05) is 13.0 Å². The molecule has 1 unspecified atom stereocenters. The molecule has 0 aliphatic heterocycles. The van der Waals surface area contributed by atoms with Crippen LogP contribution in [0.15, 0.2) is 30.5 Å². The summed E-state index contributed by atoms with van der Waals surface area (Å²) in [5, 5.41) is 15.8. The van der Waals surface area contributed by atoms with Crippen LogP contribution >= 0.6 is 0 Å². The number of carbonyl (C=O) groups excluding carboxylic acids is 1. The van der Waals surface area contributed by atoms with Crippen molar-refractivity contribution in [2.75, 3.05) is 25.6 Å². The fraction of sp³-hybridized carbons (Fsp3) is 0.471. The number of aliphatic hydroxyl groups excluding tert-OH is 1. The Morgan fingerprint density at radius 3 is 2.91 bits per heavy atom. The van der Waals surface area contributed by atoms with Crippen molar-refractivity contribution in [2.24, 2.45) is 0 Å². The lowest BCUT2D eigenvalue weighted by Crippen LogP contribution is -2.38. The summed E-state index contributed by atoms with van der Waals surface area (Å²) in [5.41, 5.74) is 1.80. The van der Waals surface area contributed by atoms with Crippen LogP contribution in [0.25, 0.3) is 10.9 Å². The smallest absolute Gasteiger partial charge is 0.319 e. The monoisotopic (exact) mass is 319 g/mol. The Bertz CT molecular complexity index is 639. The van der Waals surface area contributed by atoms with E-state index in [4.69, 9.17) is 9.84 Å². The number of anilines is 1. The molecule has 0 spiro atoms. The number of rotatable bonds is 8. The molecule has 6 heteroatoms. The van der Waals surface area contributed by atoms with Gasteiger partial charge in [-0.25, -0.2) is 4.79 Å². The van der Waals surface area contributed by atoms with Crippen molar-refractivity contribution >= 4 is 22.6 Å². The molecule has 0 saturated heterocycles. The van der Waals surface area contributed by atoms with Gasteiger partial charge in [0.2, 0.25) is 0 Å². The number of hydrogen-bond acceptors (Lipinski definition) is 3. The second-order valence-electron chi connectivity index (χ2n) is 5.49. The number of aromatic nitrogens is 1. The Balaban J connectivity index is 2.06. The molecule has 2 rings (SSSR count). The van der Waals surface area contributed by atoms with Gasteiger partial charge in [-0.3, -0.25) is 0 Å². The molecule has 1 aromatic carbocycles. The average molecular weight is 319 g/mol. The Labute approximate surface area is 136 Å². The zero-order valence-corrected chi connectivity index (χ0v) is 13.7. The van der Waals surface area contributed by atoms with Gasteiger partial charge in [0, 0.05) is 38.2 Å². The molecule has 0 saturated carbocycles. The second-order valence-corrected chi connectivity index (χ2v) is 5.49. The topological polar surface area (TPSA) is 75.5 Å². The van der Waals surface area contributed by atoms with E-state index in [1.165, 1.54) is 0 Å². The van der Waals surface area contributed by atoms with E-state index in [0.29, 0.717) is 13.0 Å². The Kier molecular flexibility index (Phi) is 6.43. The van der Waals surface area contributed by atoms with Crippen molar-refractivity contribution < 1.29 is 14.6 Å². The number of carbonyl (C=O) groups is 1. The SMILES string of the molecule is CCC(CCO)NC(=O)Nc1ccc2ccn(CCOC)c2c1. The van der Waals surface area contributed by atoms with Crippen LogP contribution in [0.2, 0.25) is 0 Å². The van der Waals surface area contributed by atoms with Crippen molar-refractivity contribution in [1.82, 2.24) is 9.88 Å². The van der Waals surface area contributed by atoms with Crippen LogP contribution < -0.4 is 10.6 Å². The molecule has 3 N–H and O–H groups in total. The standard InChI is InChI=1S/C17H25N3O3/c1-3-14(7-10-21)18-17(22)19-15-5-4-13-6-8-20(9-11-23-2)16(13)12-15/h4-6,8,12,14,21H,3,7,9-11H2,1-2H3,(H2,18,19,22). The summed E-state index contributed by atoms with van der Waals surface area (Å²) in [7, 11) is 1.68. The highest BCUT2D eigenvalue weighted by Crippen LogP contribution is 2.20. The summed E-state index contributed by atoms with van der Waals surface area (Å²) in [6.45, 7) is 3.46. The summed E-state index contributed by atoms with van der Waals surface area (Å²) >= 11 is 0. The van der Waals surface area contributed by atoms with E-state index in [-0.39, 0.29) is 18.7 Å². The maximum atomic E-state index is 12.1. The number of amides is 2. The number of ether oxygens (including phenoxy) is 1. The van der Waals surface area contributed by atoms with E-state index in [2.05, 4.69) is 15.2 Å². The molecular formula is C17H25N3O3. The summed E-state index contributed by atoms with van der Waals surface area (Å²) in [6, 6.07) is 7.60. The highest BCUT2D eigenvalue weighted by atomic mass is 16.5. The zero-order chi connectivity index (χ0) is 16.7. The summed E-state index contributed by atoms with van der Waals surface area (Å²) < 4.78 is 7.22. The molecule has 1 heterocycles. The molecule has 1 atom stereocenters. The van der Waals surface area contributed by atoms with E-state index in [0.717, 1.165) is 29.6 Å². The van der Waals surface area contributed by atoms with Crippen LogP contribution in [-0.4, -0.2) is 42.1 Å². The van der Waals surface area contributed by atoms with Crippen LogP contribution in [0.4, 0.5) is 10.5 Å². The van der Waals surface area contributed by atoms with Gasteiger partial charge in [0.05, 0.1) is 12.1 Å². The van der Waals surface area contributed by atoms with Gasteiger partial charge in [-0.2, -0.15) is 0 Å². The van der Waals surface area contributed by atoms with Crippen LogP contribution in [0, 0.1) is 0 Å². The fourth-order valence-corrected chi connectivity index (χ4v) is 2.53. The van der Waals surface area contributed by atoms with Crippen LogP contribution in [0.5, 0.6) is 0 Å². The maximum Gasteiger partial charge on any atom is 0.319 e. The van der Waals surface area contributed by atoms with Gasteiger partial charge in [-0.05, 0) is 36.4 Å². The number of fused-ring (bicyclic) bond motifs is 1. The normalized spacial score (nSPS) is 12.3. The minimum atomic E-state index is -0.250. The molecule has 2 amide bonds. The molecule has 126 valence electrons. The van der Waals surface area contributed by atoms with E-state index in [1.54, 1.807) is 7.11 Å². The molecule has 2 aromatic rings. The van der Waals surface area contributed by atoms with Crippen molar-refractivity contribution in [1.29, 1.82) is 0 Å². The van der Waals surface area contributed by atoms with Gasteiger partial charge in [0.15, 0.2) is 0 Å². The van der Waals surface area contributed by atoms with Crippen LogP contribution in [0.3, 0.4) is 0 Å². The molecule has 0 aliphatic carbocycles. The van der Waals surface area contributed by atoms with Crippen LogP contribution in [-0.2, 0) is 11.3 Å². The molecular weight excluding hydrogens is 294 g/mol. The quantitative estimate of drug-likeness (QED) is 0.700. The number of nitrogens with zero attached hydrogens (tertiary/aromatic N) is 1. The number of hydrogen-bond donors (Lipinski definition) is 3. The first-order chi connectivity index (χ1) is 11.2. The van der Waals surface area contributed by atoms with Gasteiger partial charge < -0.3 is 25.0 Å².